The van der Waals surface area contributed by atoms with Gasteiger partial charge in [0.1, 0.15) is 5.03 Å². The number of aryl methyl sites for hydroxylation is 1. The molecule has 4 heteroatoms. The smallest absolute Gasteiger partial charge is 0.233 e. The standard InChI is InChI=1S/C19H24N2OS/c1-13-11-16-9-4-5-10-17(16)20-19(13)23-12-18(22)21-14(2)7-6-8-15(21)3/h4-5,9-11,14-15H,6-8,12H2,1-3H3. The molecular formula is C19H24N2OS. The van der Waals surface area contributed by atoms with Crippen LogP contribution < -0.4 is 0 Å². The van der Waals surface area contributed by atoms with Gasteiger partial charge in [0.25, 0.3) is 0 Å². The van der Waals surface area contributed by atoms with Crippen LogP contribution in [0.15, 0.2) is 35.4 Å². The lowest BCUT2D eigenvalue weighted by molar-refractivity contribution is -0.134. The zero-order valence-corrected chi connectivity index (χ0v) is 14.9. The Kier molecular flexibility index (Phi) is 4.90. The van der Waals surface area contributed by atoms with Crippen LogP contribution in [-0.4, -0.2) is 33.6 Å². The van der Waals surface area contributed by atoms with E-state index in [-0.39, 0.29) is 5.91 Å². The van der Waals surface area contributed by atoms with Gasteiger partial charge in [-0.15, -0.1) is 0 Å². The summed E-state index contributed by atoms with van der Waals surface area (Å²) in [5.74, 6) is 0.713. The molecule has 1 aromatic heterocycles. The highest BCUT2D eigenvalue weighted by Crippen LogP contribution is 2.27. The molecule has 0 bridgehead atoms. The van der Waals surface area contributed by atoms with Crippen molar-refractivity contribution in [1.82, 2.24) is 9.88 Å². The molecule has 0 aliphatic carbocycles. The molecule has 2 heterocycles. The number of hydrogen-bond acceptors (Lipinski definition) is 3. The molecule has 1 saturated heterocycles. The number of fused-ring (bicyclic) bond motifs is 1. The number of aromatic nitrogens is 1. The monoisotopic (exact) mass is 328 g/mol. The summed E-state index contributed by atoms with van der Waals surface area (Å²) in [6, 6.07) is 11.0. The molecule has 2 atom stereocenters. The average molecular weight is 328 g/mol. The van der Waals surface area contributed by atoms with Gasteiger partial charge in [-0.25, -0.2) is 4.98 Å². The number of rotatable bonds is 3. The Bertz CT molecular complexity index is 706. The molecule has 1 amide bonds. The molecule has 23 heavy (non-hydrogen) atoms. The highest BCUT2D eigenvalue weighted by Gasteiger charge is 2.28. The topological polar surface area (TPSA) is 33.2 Å². The summed E-state index contributed by atoms with van der Waals surface area (Å²) in [7, 11) is 0. The average Bonchev–Trinajstić information content (AvgIpc) is 2.52. The zero-order valence-electron chi connectivity index (χ0n) is 14.1. The highest BCUT2D eigenvalue weighted by atomic mass is 32.2. The van der Waals surface area contributed by atoms with E-state index in [2.05, 4.69) is 37.8 Å². The van der Waals surface area contributed by atoms with Crippen molar-refractivity contribution in [1.29, 1.82) is 0 Å². The summed E-state index contributed by atoms with van der Waals surface area (Å²) in [6.07, 6.45) is 3.46. The summed E-state index contributed by atoms with van der Waals surface area (Å²) in [5, 5.41) is 2.12. The number of amides is 1. The number of benzene rings is 1. The number of nitrogens with zero attached hydrogens (tertiary/aromatic N) is 2. The Labute approximate surface area is 142 Å². The Hall–Kier alpha value is -1.55. The minimum Gasteiger partial charge on any atom is -0.337 e. The number of hydrogen-bond donors (Lipinski definition) is 0. The molecule has 1 aliphatic heterocycles. The third-order valence-corrected chi connectivity index (χ3v) is 5.76. The Morgan fingerprint density at radius 2 is 1.96 bits per heavy atom. The van der Waals surface area contributed by atoms with E-state index in [4.69, 9.17) is 4.98 Å². The van der Waals surface area contributed by atoms with Crippen LogP contribution in [0.4, 0.5) is 0 Å². The van der Waals surface area contributed by atoms with E-state index in [1.807, 2.05) is 18.2 Å². The quantitative estimate of drug-likeness (QED) is 0.782. The molecule has 122 valence electrons. The summed E-state index contributed by atoms with van der Waals surface area (Å²) >= 11 is 1.57. The van der Waals surface area contributed by atoms with Gasteiger partial charge in [-0.3, -0.25) is 4.79 Å². The molecule has 2 unspecified atom stereocenters. The van der Waals surface area contributed by atoms with Crippen LogP contribution in [0.2, 0.25) is 0 Å². The molecule has 0 radical (unpaired) electrons. The van der Waals surface area contributed by atoms with Gasteiger partial charge in [0.2, 0.25) is 5.91 Å². The molecule has 0 spiro atoms. The van der Waals surface area contributed by atoms with Crippen molar-refractivity contribution >= 4 is 28.6 Å². The molecule has 1 aromatic carbocycles. The zero-order chi connectivity index (χ0) is 16.4. The molecule has 1 aliphatic rings. The third-order valence-electron chi connectivity index (χ3n) is 4.68. The second kappa shape index (κ2) is 6.91. The largest absolute Gasteiger partial charge is 0.337 e. The van der Waals surface area contributed by atoms with Crippen LogP contribution in [0.3, 0.4) is 0 Å². The summed E-state index contributed by atoms with van der Waals surface area (Å²) < 4.78 is 0. The fourth-order valence-corrected chi connectivity index (χ4v) is 4.33. The van der Waals surface area contributed by atoms with Crippen LogP contribution in [0, 0.1) is 6.92 Å². The predicted octanol–water partition coefficient (Wildman–Crippen LogP) is 4.42. The minimum absolute atomic E-state index is 0.240. The maximum absolute atomic E-state index is 12.6. The first-order valence-corrected chi connectivity index (χ1v) is 9.35. The van der Waals surface area contributed by atoms with Gasteiger partial charge in [-0.2, -0.15) is 0 Å². The predicted molar refractivity (Wildman–Crippen MR) is 96.8 cm³/mol. The number of para-hydroxylation sites is 1. The van der Waals surface area contributed by atoms with E-state index >= 15 is 0 Å². The number of carbonyl (C=O) groups is 1. The molecule has 2 aromatic rings. The first-order chi connectivity index (χ1) is 11.1. The normalized spacial score (nSPS) is 21.6. The lowest BCUT2D eigenvalue weighted by Crippen LogP contribution is -2.48. The molecule has 3 nitrogen and oxygen atoms in total. The number of pyridine rings is 1. The van der Waals surface area contributed by atoms with Gasteiger partial charge in [0.05, 0.1) is 11.3 Å². The van der Waals surface area contributed by atoms with Crippen molar-refractivity contribution in [3.05, 3.63) is 35.9 Å². The van der Waals surface area contributed by atoms with Crippen LogP contribution in [-0.2, 0) is 4.79 Å². The lowest BCUT2D eigenvalue weighted by Gasteiger charge is -2.39. The number of piperidine rings is 1. The van der Waals surface area contributed by atoms with Crippen LogP contribution >= 0.6 is 11.8 Å². The van der Waals surface area contributed by atoms with E-state index in [1.165, 1.54) is 6.42 Å². The van der Waals surface area contributed by atoms with Crippen LogP contribution in [0.1, 0.15) is 38.7 Å². The van der Waals surface area contributed by atoms with Crippen LogP contribution in [0.25, 0.3) is 10.9 Å². The molecular weight excluding hydrogens is 304 g/mol. The van der Waals surface area contributed by atoms with Gasteiger partial charge >= 0.3 is 0 Å². The lowest BCUT2D eigenvalue weighted by atomic mass is 9.98. The van der Waals surface area contributed by atoms with Crippen molar-refractivity contribution in [2.45, 2.75) is 57.1 Å². The van der Waals surface area contributed by atoms with E-state index in [0.29, 0.717) is 17.8 Å². The number of thioether (sulfide) groups is 1. The van der Waals surface area contributed by atoms with Gasteiger partial charge < -0.3 is 4.90 Å². The molecule has 0 saturated carbocycles. The van der Waals surface area contributed by atoms with E-state index in [9.17, 15) is 4.79 Å². The first kappa shape index (κ1) is 16.3. The molecule has 3 rings (SSSR count). The highest BCUT2D eigenvalue weighted by molar-refractivity contribution is 7.99. The van der Waals surface area contributed by atoms with E-state index < -0.39 is 0 Å². The van der Waals surface area contributed by atoms with Crippen molar-refractivity contribution in [2.75, 3.05) is 5.75 Å². The number of likely N-dealkylation sites (tertiary alicyclic amines) is 1. The van der Waals surface area contributed by atoms with E-state index in [1.54, 1.807) is 11.8 Å². The van der Waals surface area contributed by atoms with Gasteiger partial charge in [-0.05, 0) is 57.7 Å². The fraction of sp³-hybridized carbons (Fsp3) is 0.474. The van der Waals surface area contributed by atoms with Crippen molar-refractivity contribution in [3.8, 4) is 0 Å². The summed E-state index contributed by atoms with van der Waals surface area (Å²) in [6.45, 7) is 6.40. The van der Waals surface area contributed by atoms with Gasteiger partial charge in [0.15, 0.2) is 0 Å². The Balaban J connectivity index is 1.72. The Morgan fingerprint density at radius 1 is 1.26 bits per heavy atom. The van der Waals surface area contributed by atoms with Crippen molar-refractivity contribution in [3.63, 3.8) is 0 Å². The minimum atomic E-state index is 0.240. The summed E-state index contributed by atoms with van der Waals surface area (Å²) in [4.78, 5) is 19.4. The van der Waals surface area contributed by atoms with Crippen LogP contribution in [0.5, 0.6) is 0 Å². The molecule has 0 N–H and O–H groups in total. The maximum atomic E-state index is 12.6. The maximum Gasteiger partial charge on any atom is 0.233 e. The summed E-state index contributed by atoms with van der Waals surface area (Å²) in [5.41, 5.74) is 2.13. The van der Waals surface area contributed by atoms with Gasteiger partial charge in [-0.1, -0.05) is 30.0 Å². The molecule has 1 fully saturated rings. The second-order valence-corrected chi connectivity index (χ2v) is 7.49. The van der Waals surface area contributed by atoms with E-state index in [0.717, 1.165) is 34.3 Å². The van der Waals surface area contributed by atoms with Gasteiger partial charge in [0, 0.05) is 17.5 Å². The first-order valence-electron chi connectivity index (χ1n) is 8.36. The SMILES string of the molecule is Cc1cc2ccccc2nc1SCC(=O)N1C(C)CCCC1C. The van der Waals surface area contributed by atoms with Crippen molar-refractivity contribution < 1.29 is 4.79 Å². The second-order valence-electron chi connectivity index (χ2n) is 6.52. The Morgan fingerprint density at radius 3 is 2.70 bits per heavy atom. The van der Waals surface area contributed by atoms with Crippen molar-refractivity contribution in [2.24, 2.45) is 0 Å². The fourth-order valence-electron chi connectivity index (χ4n) is 3.47. The number of carbonyl (C=O) groups excluding carboxylic acids is 1. The third kappa shape index (κ3) is 3.52.